The Kier molecular flexibility index (Phi) is 8.84. The van der Waals surface area contributed by atoms with Crippen molar-refractivity contribution in [3.63, 3.8) is 0 Å². The van der Waals surface area contributed by atoms with Crippen molar-refractivity contribution < 1.29 is 8.85 Å². The van der Waals surface area contributed by atoms with Crippen LogP contribution in [0.15, 0.2) is 30.3 Å². The first kappa shape index (κ1) is 18.4. The van der Waals surface area contributed by atoms with Crippen molar-refractivity contribution in [3.05, 3.63) is 35.9 Å². The number of hydrogen-bond donors (Lipinski definition) is 1. The minimum atomic E-state index is -2.09. The van der Waals surface area contributed by atoms with E-state index in [2.05, 4.69) is 32.9 Å². The average molecular weight is 310 g/mol. The van der Waals surface area contributed by atoms with Crippen LogP contribution in [0.25, 0.3) is 0 Å². The van der Waals surface area contributed by atoms with Crippen molar-refractivity contribution in [3.8, 4) is 0 Å². The quantitative estimate of drug-likeness (QED) is 0.616. The molecule has 0 aliphatic carbocycles. The molecule has 1 atom stereocenters. The molecule has 21 heavy (non-hydrogen) atoms. The van der Waals surface area contributed by atoms with Gasteiger partial charge in [0.25, 0.3) is 0 Å². The Hall–Kier alpha value is -0.683. The normalized spacial score (nSPS) is 13.3. The summed E-state index contributed by atoms with van der Waals surface area (Å²) in [4.78, 5) is 0. The van der Waals surface area contributed by atoms with Crippen molar-refractivity contribution in [2.45, 2.75) is 58.2 Å². The zero-order chi connectivity index (χ0) is 15.6. The Labute approximate surface area is 131 Å². The summed E-state index contributed by atoms with van der Waals surface area (Å²) in [5.74, 6) is 0. The maximum atomic E-state index is 6.33. The highest BCUT2D eigenvalue weighted by Crippen LogP contribution is 2.26. The van der Waals surface area contributed by atoms with E-state index in [-0.39, 0.29) is 6.04 Å². The van der Waals surface area contributed by atoms with Gasteiger partial charge in [-0.2, -0.15) is 0 Å². The van der Waals surface area contributed by atoms with E-state index in [9.17, 15) is 0 Å². The zero-order valence-electron chi connectivity index (χ0n) is 13.8. The topological polar surface area (TPSA) is 44.5 Å². The first-order valence-corrected chi connectivity index (χ1v) is 10.5. The van der Waals surface area contributed by atoms with Crippen LogP contribution in [0.3, 0.4) is 0 Å². The van der Waals surface area contributed by atoms with Gasteiger partial charge in [0.2, 0.25) is 0 Å². The van der Waals surface area contributed by atoms with Gasteiger partial charge >= 0.3 is 8.56 Å². The molecule has 1 aromatic carbocycles. The molecule has 0 aromatic heterocycles. The maximum absolute atomic E-state index is 6.33. The predicted molar refractivity (Wildman–Crippen MR) is 91.5 cm³/mol. The van der Waals surface area contributed by atoms with Crippen molar-refractivity contribution in [1.82, 2.24) is 0 Å². The molecular formula is C17H31NO2Si. The van der Waals surface area contributed by atoms with E-state index in [0.29, 0.717) is 0 Å². The lowest BCUT2D eigenvalue weighted by Crippen LogP contribution is -2.42. The van der Waals surface area contributed by atoms with Gasteiger partial charge in [-0.05, 0) is 36.9 Å². The van der Waals surface area contributed by atoms with Crippen LogP contribution in [0, 0.1) is 0 Å². The first-order chi connectivity index (χ1) is 10.2. The summed E-state index contributed by atoms with van der Waals surface area (Å²) in [7, 11) is -2.09. The molecule has 0 fully saturated rings. The molecule has 0 heterocycles. The van der Waals surface area contributed by atoms with Gasteiger partial charge in [0.05, 0.1) is 0 Å². The lowest BCUT2D eigenvalue weighted by Gasteiger charge is -2.30. The lowest BCUT2D eigenvalue weighted by molar-refractivity contribution is 0.167. The van der Waals surface area contributed by atoms with E-state index in [1.54, 1.807) is 0 Å². The molecule has 0 aliphatic rings. The molecule has 4 heteroatoms. The van der Waals surface area contributed by atoms with Crippen molar-refractivity contribution in [1.29, 1.82) is 0 Å². The van der Waals surface area contributed by atoms with Gasteiger partial charge in [0.15, 0.2) is 0 Å². The van der Waals surface area contributed by atoms with Crippen LogP contribution in [0.2, 0.25) is 12.1 Å². The zero-order valence-corrected chi connectivity index (χ0v) is 14.8. The third-order valence-electron chi connectivity index (χ3n) is 3.74. The van der Waals surface area contributed by atoms with Gasteiger partial charge in [0, 0.05) is 19.3 Å². The maximum Gasteiger partial charge on any atom is 0.337 e. The van der Waals surface area contributed by atoms with Crippen molar-refractivity contribution >= 4 is 8.56 Å². The molecule has 2 N–H and O–H groups in total. The molecule has 0 bridgehead atoms. The van der Waals surface area contributed by atoms with Gasteiger partial charge in [-0.25, -0.2) is 0 Å². The van der Waals surface area contributed by atoms with Crippen LogP contribution in [0.5, 0.6) is 0 Å². The van der Waals surface area contributed by atoms with E-state index >= 15 is 0 Å². The Balaban J connectivity index is 2.62. The molecule has 0 saturated heterocycles. The number of rotatable bonds is 11. The highest BCUT2D eigenvalue weighted by Gasteiger charge is 2.35. The molecule has 0 amide bonds. The fourth-order valence-electron chi connectivity index (χ4n) is 2.39. The molecule has 0 aliphatic heterocycles. The Morgan fingerprint density at radius 2 is 1.57 bits per heavy atom. The molecule has 120 valence electrons. The van der Waals surface area contributed by atoms with Crippen LogP contribution in [-0.4, -0.2) is 21.8 Å². The van der Waals surface area contributed by atoms with E-state index in [1.807, 2.05) is 18.2 Å². The van der Waals surface area contributed by atoms with Gasteiger partial charge in [-0.3, -0.25) is 0 Å². The summed E-state index contributed by atoms with van der Waals surface area (Å²) in [5, 5.41) is 0. The van der Waals surface area contributed by atoms with Crippen molar-refractivity contribution in [2.75, 3.05) is 13.2 Å². The first-order valence-electron chi connectivity index (χ1n) is 8.25. The van der Waals surface area contributed by atoms with Crippen molar-refractivity contribution in [2.24, 2.45) is 5.73 Å². The monoisotopic (exact) mass is 309 g/mol. The Bertz CT molecular complexity index is 364. The summed E-state index contributed by atoms with van der Waals surface area (Å²) in [5.41, 5.74) is 7.52. The fourth-order valence-corrected chi connectivity index (χ4v) is 5.42. The number of nitrogens with two attached hydrogens (primary N) is 1. The predicted octanol–water partition coefficient (Wildman–Crippen LogP) is 4.39. The second-order valence-electron chi connectivity index (χ2n) is 5.52. The summed E-state index contributed by atoms with van der Waals surface area (Å²) >= 11 is 0. The van der Waals surface area contributed by atoms with Crippen LogP contribution in [-0.2, 0) is 8.85 Å². The van der Waals surface area contributed by atoms with Crippen LogP contribution in [0.4, 0.5) is 0 Å². The smallest absolute Gasteiger partial charge is 0.337 e. The third-order valence-corrected chi connectivity index (χ3v) is 7.33. The molecule has 1 aromatic rings. The molecule has 0 spiro atoms. The Morgan fingerprint density at radius 1 is 1.00 bits per heavy atom. The minimum absolute atomic E-state index is 0.0695. The van der Waals surface area contributed by atoms with Crippen LogP contribution >= 0.6 is 0 Å². The highest BCUT2D eigenvalue weighted by atomic mass is 28.4. The third kappa shape index (κ3) is 6.30. The summed E-state index contributed by atoms with van der Waals surface area (Å²) < 4.78 is 12.4. The van der Waals surface area contributed by atoms with E-state index < -0.39 is 8.56 Å². The van der Waals surface area contributed by atoms with Gasteiger partial charge in [0.1, 0.15) is 0 Å². The molecule has 1 rings (SSSR count). The highest BCUT2D eigenvalue weighted by molar-refractivity contribution is 6.67. The van der Waals surface area contributed by atoms with Gasteiger partial charge in [-0.15, -0.1) is 0 Å². The Morgan fingerprint density at radius 3 is 2.05 bits per heavy atom. The second-order valence-corrected chi connectivity index (χ2v) is 9.12. The average Bonchev–Trinajstić information content (AvgIpc) is 2.55. The summed E-state index contributed by atoms with van der Waals surface area (Å²) in [6.45, 7) is 8.06. The summed E-state index contributed by atoms with van der Waals surface area (Å²) in [6.07, 6.45) is 3.00. The largest absolute Gasteiger partial charge is 0.394 e. The van der Waals surface area contributed by atoms with Gasteiger partial charge in [-0.1, -0.05) is 51.1 Å². The van der Waals surface area contributed by atoms with Crippen LogP contribution in [0.1, 0.15) is 51.6 Å². The standard InChI is InChI=1S/C17H31NO2Si/c1-4-13-19-21(6-3,20-14-5-2)15-12-17(18)16-10-8-7-9-11-16/h7-11,17H,4-6,12-15,18H2,1-3H3. The van der Waals surface area contributed by atoms with Gasteiger partial charge < -0.3 is 14.6 Å². The summed E-state index contributed by atoms with van der Waals surface area (Å²) in [6, 6.07) is 12.3. The van der Waals surface area contributed by atoms with E-state index in [1.165, 1.54) is 5.56 Å². The number of hydrogen-bond acceptors (Lipinski definition) is 3. The molecule has 0 radical (unpaired) electrons. The molecule has 3 nitrogen and oxygen atoms in total. The number of benzene rings is 1. The second kappa shape index (κ2) is 10.1. The lowest BCUT2D eigenvalue weighted by atomic mass is 10.1. The minimum Gasteiger partial charge on any atom is -0.394 e. The SMILES string of the molecule is CCCO[Si](CC)(CCC(N)c1ccccc1)OCCC. The van der Waals surface area contributed by atoms with E-state index in [0.717, 1.165) is 44.6 Å². The molecule has 1 unspecified atom stereocenters. The van der Waals surface area contributed by atoms with E-state index in [4.69, 9.17) is 14.6 Å². The molecule has 0 saturated carbocycles. The fraction of sp³-hybridized carbons (Fsp3) is 0.647. The molecular weight excluding hydrogens is 278 g/mol. The van der Waals surface area contributed by atoms with Crippen LogP contribution < -0.4 is 5.73 Å².